The van der Waals surface area contributed by atoms with E-state index in [9.17, 15) is 4.79 Å². The second-order valence-corrected chi connectivity index (χ2v) is 4.64. The van der Waals surface area contributed by atoms with E-state index in [1.165, 1.54) is 0 Å². The highest BCUT2D eigenvalue weighted by molar-refractivity contribution is 5.92. The van der Waals surface area contributed by atoms with Crippen LogP contribution in [-0.4, -0.2) is 43.2 Å². The predicted molar refractivity (Wildman–Crippen MR) is 82.9 cm³/mol. The SMILES string of the molecule is COCC1(CNC(=O)c2ccccn2)CCCN1.Cl.Cl. The maximum absolute atomic E-state index is 11.9. The summed E-state index contributed by atoms with van der Waals surface area (Å²) in [5.41, 5.74) is 0.321. The van der Waals surface area contributed by atoms with E-state index in [4.69, 9.17) is 4.74 Å². The number of pyridine rings is 1. The van der Waals surface area contributed by atoms with E-state index in [2.05, 4.69) is 15.6 Å². The Morgan fingerprint density at radius 1 is 1.50 bits per heavy atom. The molecule has 1 aliphatic rings. The summed E-state index contributed by atoms with van der Waals surface area (Å²) in [6.45, 7) is 2.15. The van der Waals surface area contributed by atoms with Crippen molar-refractivity contribution in [2.24, 2.45) is 0 Å². The zero-order valence-corrected chi connectivity index (χ0v) is 13.1. The number of nitrogens with zero attached hydrogens (tertiary/aromatic N) is 1. The highest BCUT2D eigenvalue weighted by Crippen LogP contribution is 2.18. The molecule has 1 atom stereocenters. The molecule has 2 N–H and O–H groups in total. The Hall–Kier alpha value is -0.880. The quantitative estimate of drug-likeness (QED) is 0.861. The molecule has 0 bridgehead atoms. The molecule has 1 aromatic rings. The summed E-state index contributed by atoms with van der Waals surface area (Å²) in [7, 11) is 1.68. The van der Waals surface area contributed by atoms with Gasteiger partial charge in [0.25, 0.3) is 5.91 Å². The van der Waals surface area contributed by atoms with Gasteiger partial charge >= 0.3 is 0 Å². The van der Waals surface area contributed by atoms with Crippen LogP contribution in [0.2, 0.25) is 0 Å². The topological polar surface area (TPSA) is 63.2 Å². The number of hydrogen-bond acceptors (Lipinski definition) is 4. The van der Waals surface area contributed by atoms with Gasteiger partial charge in [0.1, 0.15) is 5.69 Å². The maximum atomic E-state index is 11.9. The first-order chi connectivity index (χ1) is 8.76. The van der Waals surface area contributed by atoms with Gasteiger partial charge in [0.2, 0.25) is 0 Å². The van der Waals surface area contributed by atoms with Gasteiger partial charge in [0, 0.05) is 19.9 Å². The third kappa shape index (κ3) is 4.90. The molecule has 20 heavy (non-hydrogen) atoms. The Labute approximate surface area is 131 Å². The smallest absolute Gasteiger partial charge is 0.269 e. The number of methoxy groups -OCH3 is 1. The van der Waals surface area contributed by atoms with Gasteiger partial charge in [0.15, 0.2) is 0 Å². The fourth-order valence-corrected chi connectivity index (χ4v) is 2.31. The van der Waals surface area contributed by atoms with Crippen molar-refractivity contribution >= 4 is 30.7 Å². The predicted octanol–water partition coefficient (Wildman–Crippen LogP) is 1.42. The van der Waals surface area contributed by atoms with Crippen LogP contribution in [0.15, 0.2) is 24.4 Å². The molecule has 0 aromatic carbocycles. The third-order valence-corrected chi connectivity index (χ3v) is 3.24. The molecule has 1 saturated heterocycles. The molecule has 1 aliphatic heterocycles. The number of hydrogen-bond donors (Lipinski definition) is 2. The Bertz CT molecular complexity index is 398. The minimum atomic E-state index is -0.139. The Morgan fingerprint density at radius 3 is 2.85 bits per heavy atom. The lowest BCUT2D eigenvalue weighted by Gasteiger charge is -2.28. The van der Waals surface area contributed by atoms with Crippen LogP contribution < -0.4 is 10.6 Å². The zero-order chi connectivity index (χ0) is 12.8. The molecule has 0 radical (unpaired) electrons. The van der Waals surface area contributed by atoms with Crippen LogP contribution in [0.25, 0.3) is 0 Å². The number of ether oxygens (including phenoxy) is 1. The lowest BCUT2D eigenvalue weighted by atomic mass is 9.98. The zero-order valence-electron chi connectivity index (χ0n) is 11.4. The van der Waals surface area contributed by atoms with E-state index in [1.807, 2.05) is 0 Å². The lowest BCUT2D eigenvalue weighted by Crippen LogP contribution is -2.53. The normalized spacial score (nSPS) is 20.6. The molecule has 0 spiro atoms. The number of nitrogens with one attached hydrogen (secondary N) is 2. The van der Waals surface area contributed by atoms with Gasteiger partial charge in [-0.15, -0.1) is 24.8 Å². The van der Waals surface area contributed by atoms with E-state index in [1.54, 1.807) is 31.5 Å². The van der Waals surface area contributed by atoms with E-state index >= 15 is 0 Å². The first kappa shape index (κ1) is 19.1. The van der Waals surface area contributed by atoms with Gasteiger partial charge in [-0.25, -0.2) is 0 Å². The average molecular weight is 322 g/mol. The summed E-state index contributed by atoms with van der Waals surface area (Å²) in [6.07, 6.45) is 3.75. The summed E-state index contributed by atoms with van der Waals surface area (Å²) in [5, 5.41) is 6.34. The standard InChI is InChI=1S/C13H19N3O2.2ClH/c1-18-10-13(6-4-8-16-13)9-15-12(17)11-5-2-3-7-14-11;;/h2-3,5,7,16H,4,6,8-10H2,1H3,(H,15,17);2*1H. The molecule has 0 aliphatic carbocycles. The van der Waals surface area contributed by atoms with Gasteiger partial charge in [-0.05, 0) is 31.5 Å². The van der Waals surface area contributed by atoms with Crippen molar-refractivity contribution in [2.75, 3.05) is 26.8 Å². The molecule has 2 heterocycles. The second-order valence-electron chi connectivity index (χ2n) is 4.64. The van der Waals surface area contributed by atoms with Crippen LogP contribution in [0, 0.1) is 0 Å². The number of rotatable bonds is 5. The molecule has 1 amide bonds. The van der Waals surface area contributed by atoms with Crippen LogP contribution >= 0.6 is 24.8 Å². The number of halogens is 2. The van der Waals surface area contributed by atoms with Gasteiger partial charge < -0.3 is 15.4 Å². The van der Waals surface area contributed by atoms with Crippen molar-refractivity contribution < 1.29 is 9.53 Å². The van der Waals surface area contributed by atoms with Gasteiger partial charge in [-0.2, -0.15) is 0 Å². The lowest BCUT2D eigenvalue weighted by molar-refractivity contribution is 0.0887. The van der Waals surface area contributed by atoms with Crippen LogP contribution in [0.4, 0.5) is 0 Å². The number of amides is 1. The molecular weight excluding hydrogens is 301 g/mol. The minimum Gasteiger partial charge on any atom is -0.383 e. The molecule has 5 nitrogen and oxygen atoms in total. The van der Waals surface area contributed by atoms with Crippen molar-refractivity contribution in [3.63, 3.8) is 0 Å². The molecule has 1 fully saturated rings. The molecular formula is C13H21Cl2N3O2. The molecule has 1 aromatic heterocycles. The van der Waals surface area contributed by atoms with Crippen molar-refractivity contribution in [1.29, 1.82) is 0 Å². The van der Waals surface area contributed by atoms with Crippen LogP contribution in [0.1, 0.15) is 23.3 Å². The first-order valence-corrected chi connectivity index (χ1v) is 6.19. The fraction of sp³-hybridized carbons (Fsp3) is 0.538. The number of carbonyl (C=O) groups is 1. The van der Waals surface area contributed by atoms with E-state index in [0.717, 1.165) is 19.4 Å². The Balaban J connectivity index is 0.00000180. The maximum Gasteiger partial charge on any atom is 0.269 e. The van der Waals surface area contributed by atoms with Gasteiger partial charge in [-0.3, -0.25) is 9.78 Å². The molecule has 1 unspecified atom stereocenters. The average Bonchev–Trinajstić information content (AvgIpc) is 2.87. The van der Waals surface area contributed by atoms with Crippen molar-refractivity contribution in [1.82, 2.24) is 15.6 Å². The molecule has 7 heteroatoms. The van der Waals surface area contributed by atoms with Crippen LogP contribution in [-0.2, 0) is 4.74 Å². The number of carbonyl (C=O) groups excluding carboxylic acids is 1. The van der Waals surface area contributed by atoms with Gasteiger partial charge in [0.05, 0.1) is 12.1 Å². The van der Waals surface area contributed by atoms with E-state index in [0.29, 0.717) is 18.8 Å². The Kier molecular flexibility index (Phi) is 8.73. The summed E-state index contributed by atoms with van der Waals surface area (Å²) in [4.78, 5) is 15.9. The largest absolute Gasteiger partial charge is 0.383 e. The highest BCUT2D eigenvalue weighted by atomic mass is 35.5. The molecule has 114 valence electrons. The summed E-state index contributed by atoms with van der Waals surface area (Å²) >= 11 is 0. The van der Waals surface area contributed by atoms with E-state index < -0.39 is 0 Å². The molecule has 2 rings (SSSR count). The monoisotopic (exact) mass is 321 g/mol. The van der Waals surface area contributed by atoms with Crippen molar-refractivity contribution in [2.45, 2.75) is 18.4 Å². The fourth-order valence-electron chi connectivity index (χ4n) is 2.31. The third-order valence-electron chi connectivity index (χ3n) is 3.24. The molecule has 0 saturated carbocycles. The second kappa shape index (κ2) is 9.13. The Morgan fingerprint density at radius 2 is 2.30 bits per heavy atom. The highest BCUT2D eigenvalue weighted by Gasteiger charge is 2.33. The summed E-state index contributed by atoms with van der Waals surface area (Å²) in [5.74, 6) is -0.139. The minimum absolute atomic E-state index is 0. The first-order valence-electron chi connectivity index (χ1n) is 6.19. The van der Waals surface area contributed by atoms with E-state index in [-0.39, 0.29) is 36.3 Å². The van der Waals surface area contributed by atoms with Crippen molar-refractivity contribution in [3.05, 3.63) is 30.1 Å². The van der Waals surface area contributed by atoms with Crippen LogP contribution in [0.3, 0.4) is 0 Å². The summed E-state index contributed by atoms with van der Waals surface area (Å²) < 4.78 is 5.24. The number of aromatic nitrogens is 1. The van der Waals surface area contributed by atoms with Gasteiger partial charge in [-0.1, -0.05) is 6.07 Å². The van der Waals surface area contributed by atoms with Crippen molar-refractivity contribution in [3.8, 4) is 0 Å². The van der Waals surface area contributed by atoms with Crippen LogP contribution in [0.5, 0.6) is 0 Å². The summed E-state index contributed by atoms with van der Waals surface area (Å²) in [6, 6.07) is 5.31.